The average Bonchev–Trinajstić information content (AvgIpc) is 2.46. The number of methoxy groups -OCH3 is 1. The van der Waals surface area contributed by atoms with Gasteiger partial charge in [-0.2, -0.15) is 0 Å². The van der Waals surface area contributed by atoms with Crippen LogP contribution in [0.1, 0.15) is 10.4 Å². The highest BCUT2D eigenvalue weighted by atomic mass is 16.6. The monoisotopic (exact) mass is 273 g/mol. The summed E-state index contributed by atoms with van der Waals surface area (Å²) in [7, 11) is 1.35. The molecule has 0 fully saturated rings. The first-order valence-electron chi connectivity index (χ1n) is 5.61. The van der Waals surface area contributed by atoms with Gasteiger partial charge >= 0.3 is 5.69 Å². The summed E-state index contributed by atoms with van der Waals surface area (Å²) in [5.74, 6) is -0.482. The highest BCUT2D eigenvalue weighted by Gasteiger charge is 2.18. The number of amides is 1. The number of hydrogen-bond donors (Lipinski definition) is 1. The smallest absolute Gasteiger partial charge is 0.311 e. The van der Waals surface area contributed by atoms with Crippen LogP contribution < -0.4 is 10.5 Å². The van der Waals surface area contributed by atoms with Crippen LogP contribution in [-0.2, 0) is 0 Å². The second-order valence-electron chi connectivity index (χ2n) is 3.93. The van der Waals surface area contributed by atoms with Crippen molar-refractivity contribution in [2.75, 3.05) is 7.11 Å². The van der Waals surface area contributed by atoms with Crippen LogP contribution in [0, 0.1) is 10.1 Å². The molecule has 0 aliphatic carbocycles. The molecule has 2 rings (SSSR count). The van der Waals surface area contributed by atoms with Gasteiger partial charge in [-0.25, -0.2) is 0 Å². The van der Waals surface area contributed by atoms with E-state index in [0.29, 0.717) is 11.1 Å². The first-order chi connectivity index (χ1) is 9.54. The number of nitro benzene ring substituents is 1. The Morgan fingerprint density at radius 2 is 2.15 bits per heavy atom. The Morgan fingerprint density at radius 3 is 2.75 bits per heavy atom. The van der Waals surface area contributed by atoms with E-state index in [1.807, 2.05) is 0 Å². The van der Waals surface area contributed by atoms with Crippen molar-refractivity contribution in [1.29, 1.82) is 0 Å². The van der Waals surface area contributed by atoms with E-state index in [1.165, 1.54) is 37.7 Å². The maximum Gasteiger partial charge on any atom is 0.311 e. The number of nitro groups is 1. The Bertz CT molecular complexity index is 685. The Morgan fingerprint density at radius 1 is 1.40 bits per heavy atom. The molecule has 1 amide bonds. The molecule has 0 saturated carbocycles. The summed E-state index contributed by atoms with van der Waals surface area (Å²) in [6.07, 6.45) is 2.87. The molecule has 20 heavy (non-hydrogen) atoms. The second kappa shape index (κ2) is 5.35. The maximum atomic E-state index is 11.4. The first-order valence-corrected chi connectivity index (χ1v) is 5.61. The van der Waals surface area contributed by atoms with Crippen LogP contribution in [0.2, 0.25) is 0 Å². The van der Waals surface area contributed by atoms with E-state index in [2.05, 4.69) is 4.98 Å². The zero-order valence-electron chi connectivity index (χ0n) is 10.6. The molecule has 0 aliphatic rings. The van der Waals surface area contributed by atoms with Gasteiger partial charge in [0.25, 0.3) is 0 Å². The topological polar surface area (TPSA) is 108 Å². The molecule has 0 bridgehead atoms. The van der Waals surface area contributed by atoms with Crippen LogP contribution >= 0.6 is 0 Å². The van der Waals surface area contributed by atoms with Crippen molar-refractivity contribution >= 4 is 11.6 Å². The van der Waals surface area contributed by atoms with Crippen molar-refractivity contribution in [2.45, 2.75) is 0 Å². The van der Waals surface area contributed by atoms with E-state index in [-0.39, 0.29) is 17.0 Å². The molecule has 1 heterocycles. The van der Waals surface area contributed by atoms with Gasteiger partial charge in [-0.3, -0.25) is 19.9 Å². The molecule has 0 unspecified atom stereocenters. The van der Waals surface area contributed by atoms with Crippen molar-refractivity contribution in [3.8, 4) is 16.9 Å². The van der Waals surface area contributed by atoms with Crippen molar-refractivity contribution in [1.82, 2.24) is 4.98 Å². The van der Waals surface area contributed by atoms with Gasteiger partial charge in [-0.05, 0) is 17.7 Å². The molecule has 2 aromatic rings. The van der Waals surface area contributed by atoms with Crippen LogP contribution in [0.15, 0.2) is 36.7 Å². The normalized spacial score (nSPS) is 10.1. The summed E-state index contributed by atoms with van der Waals surface area (Å²) in [5, 5.41) is 11.0. The van der Waals surface area contributed by atoms with Gasteiger partial charge in [0, 0.05) is 29.6 Å². The number of pyridine rings is 1. The molecular formula is C13H11N3O4. The summed E-state index contributed by atoms with van der Waals surface area (Å²) in [6, 6.07) is 5.86. The second-order valence-corrected chi connectivity index (χ2v) is 3.93. The van der Waals surface area contributed by atoms with E-state index < -0.39 is 10.8 Å². The fourth-order valence-electron chi connectivity index (χ4n) is 1.84. The molecule has 0 radical (unpaired) electrons. The van der Waals surface area contributed by atoms with Crippen LogP contribution in [0.25, 0.3) is 11.1 Å². The molecule has 102 valence electrons. The molecule has 1 aromatic carbocycles. The summed E-state index contributed by atoms with van der Waals surface area (Å²) >= 11 is 0. The molecule has 0 spiro atoms. The van der Waals surface area contributed by atoms with Crippen LogP contribution in [0.4, 0.5) is 5.69 Å². The fourth-order valence-corrected chi connectivity index (χ4v) is 1.84. The number of carbonyl (C=O) groups excluding carboxylic acids is 1. The number of rotatable bonds is 4. The lowest BCUT2D eigenvalue weighted by Gasteiger charge is -2.07. The number of nitrogens with zero attached hydrogens (tertiary/aromatic N) is 2. The average molecular weight is 273 g/mol. The Kier molecular flexibility index (Phi) is 3.60. The number of nitrogens with two attached hydrogens (primary N) is 1. The Hall–Kier alpha value is -2.96. The van der Waals surface area contributed by atoms with E-state index in [4.69, 9.17) is 10.5 Å². The van der Waals surface area contributed by atoms with Gasteiger partial charge in [0.1, 0.15) is 0 Å². The minimum absolute atomic E-state index is 0.142. The van der Waals surface area contributed by atoms with Crippen molar-refractivity contribution in [3.63, 3.8) is 0 Å². The maximum absolute atomic E-state index is 11.4. The van der Waals surface area contributed by atoms with Gasteiger partial charge in [-0.1, -0.05) is 6.07 Å². The molecular weight excluding hydrogens is 262 g/mol. The lowest BCUT2D eigenvalue weighted by molar-refractivity contribution is -0.385. The van der Waals surface area contributed by atoms with E-state index >= 15 is 0 Å². The van der Waals surface area contributed by atoms with Gasteiger partial charge in [0.05, 0.1) is 12.0 Å². The lowest BCUT2D eigenvalue weighted by atomic mass is 10.0. The zero-order valence-corrected chi connectivity index (χ0v) is 10.6. The predicted octanol–water partition coefficient (Wildman–Crippen LogP) is 1.76. The summed E-state index contributed by atoms with van der Waals surface area (Å²) < 4.78 is 4.93. The number of ether oxygens (including phenoxy) is 1. The number of aromatic nitrogens is 1. The number of benzene rings is 1. The number of primary amides is 1. The first kappa shape index (κ1) is 13.5. The standard InChI is InChI=1S/C13H11N3O4/c1-20-12-3-2-8(6-11(12)16(18)19)10-7-15-5-4-9(10)13(14)17/h2-7H,1H3,(H2,14,17). The molecule has 0 aliphatic heterocycles. The van der Waals surface area contributed by atoms with Crippen LogP contribution in [0.3, 0.4) is 0 Å². The molecule has 0 atom stereocenters. The summed E-state index contributed by atoms with van der Waals surface area (Å²) in [5.41, 5.74) is 6.25. The fraction of sp³-hybridized carbons (Fsp3) is 0.0769. The van der Waals surface area contributed by atoms with Gasteiger partial charge in [0.2, 0.25) is 5.91 Å². The number of hydrogen-bond acceptors (Lipinski definition) is 5. The molecule has 7 nitrogen and oxygen atoms in total. The highest BCUT2D eigenvalue weighted by Crippen LogP contribution is 2.33. The molecule has 7 heteroatoms. The SMILES string of the molecule is COc1ccc(-c2cnccc2C(N)=O)cc1[N+](=O)[O-]. The Labute approximate surface area is 114 Å². The largest absolute Gasteiger partial charge is 0.490 e. The van der Waals surface area contributed by atoms with Crippen LogP contribution in [-0.4, -0.2) is 22.9 Å². The van der Waals surface area contributed by atoms with E-state index in [9.17, 15) is 14.9 Å². The van der Waals surface area contributed by atoms with E-state index in [0.717, 1.165) is 0 Å². The molecule has 0 saturated heterocycles. The zero-order chi connectivity index (χ0) is 14.7. The summed E-state index contributed by atoms with van der Waals surface area (Å²) in [6.45, 7) is 0. The van der Waals surface area contributed by atoms with E-state index in [1.54, 1.807) is 6.07 Å². The Balaban J connectivity index is 2.62. The third-order valence-corrected chi connectivity index (χ3v) is 2.77. The minimum Gasteiger partial charge on any atom is -0.490 e. The highest BCUT2D eigenvalue weighted by molar-refractivity contribution is 5.99. The quantitative estimate of drug-likeness (QED) is 0.674. The number of carbonyl (C=O) groups is 1. The van der Waals surface area contributed by atoms with Crippen molar-refractivity contribution in [2.24, 2.45) is 5.73 Å². The predicted molar refractivity (Wildman–Crippen MR) is 71.4 cm³/mol. The minimum atomic E-state index is -0.624. The lowest BCUT2D eigenvalue weighted by Crippen LogP contribution is -2.12. The van der Waals surface area contributed by atoms with Gasteiger partial charge < -0.3 is 10.5 Å². The van der Waals surface area contributed by atoms with Crippen molar-refractivity contribution in [3.05, 3.63) is 52.3 Å². The summed E-state index contributed by atoms with van der Waals surface area (Å²) in [4.78, 5) is 25.7. The third-order valence-electron chi connectivity index (χ3n) is 2.77. The molecule has 2 N–H and O–H groups in total. The van der Waals surface area contributed by atoms with Gasteiger partial charge in [0.15, 0.2) is 5.75 Å². The molecule has 1 aromatic heterocycles. The van der Waals surface area contributed by atoms with Gasteiger partial charge in [-0.15, -0.1) is 0 Å². The van der Waals surface area contributed by atoms with Crippen molar-refractivity contribution < 1.29 is 14.5 Å². The van der Waals surface area contributed by atoms with Crippen LogP contribution in [0.5, 0.6) is 5.75 Å². The third kappa shape index (κ3) is 2.41.